The van der Waals surface area contributed by atoms with Gasteiger partial charge in [-0.05, 0) is 62.1 Å². The minimum Gasteiger partial charge on any atom is -0.508 e. The van der Waals surface area contributed by atoms with Gasteiger partial charge < -0.3 is 10.4 Å². The van der Waals surface area contributed by atoms with Gasteiger partial charge in [-0.2, -0.15) is 0 Å². The monoisotopic (exact) mass is 325 g/mol. The molecule has 1 saturated heterocycles. The molecule has 1 aliphatic heterocycles. The number of hydrogen-bond acceptors (Lipinski definition) is 4. The molecule has 24 heavy (non-hydrogen) atoms. The first-order valence-corrected chi connectivity index (χ1v) is 8.12. The lowest BCUT2D eigenvalue weighted by atomic mass is 9.95. The largest absolute Gasteiger partial charge is 0.508 e. The van der Waals surface area contributed by atoms with Gasteiger partial charge in [-0.3, -0.25) is 4.79 Å². The van der Waals surface area contributed by atoms with Crippen LogP contribution in [0, 0.1) is 20.8 Å². The molecule has 5 nitrogen and oxygen atoms in total. The van der Waals surface area contributed by atoms with Crippen LogP contribution in [0.2, 0.25) is 0 Å². The summed E-state index contributed by atoms with van der Waals surface area (Å²) >= 11 is 0. The second-order valence-electron chi connectivity index (χ2n) is 6.50. The second-order valence-corrected chi connectivity index (χ2v) is 6.50. The predicted octanol–water partition coefficient (Wildman–Crippen LogP) is 2.86. The van der Waals surface area contributed by atoms with Crippen LogP contribution < -0.4 is 16.2 Å². The number of hydrogen-bond donors (Lipinski definition) is 4. The Hall–Kier alpha value is -2.37. The molecule has 0 bridgehead atoms. The molecule has 0 aromatic heterocycles. The number of aromatic hydroxyl groups is 1. The van der Waals surface area contributed by atoms with Crippen molar-refractivity contribution in [2.24, 2.45) is 0 Å². The van der Waals surface area contributed by atoms with Gasteiger partial charge in [0.05, 0.1) is 6.04 Å². The van der Waals surface area contributed by atoms with E-state index in [4.69, 9.17) is 0 Å². The summed E-state index contributed by atoms with van der Waals surface area (Å²) in [6, 6.07) is 11.1. The van der Waals surface area contributed by atoms with E-state index in [-0.39, 0.29) is 23.7 Å². The van der Waals surface area contributed by atoms with Gasteiger partial charge in [-0.1, -0.05) is 18.2 Å². The molecule has 0 radical (unpaired) electrons. The van der Waals surface area contributed by atoms with Crippen LogP contribution in [-0.2, 0) is 4.79 Å². The molecular weight excluding hydrogens is 302 g/mol. The van der Waals surface area contributed by atoms with Crippen LogP contribution in [0.5, 0.6) is 5.75 Å². The quantitative estimate of drug-likeness (QED) is 0.700. The number of phenolic OH excluding ortho intramolecular Hbond substituents is 1. The lowest BCUT2D eigenvalue weighted by Gasteiger charge is -2.16. The van der Waals surface area contributed by atoms with Crippen LogP contribution in [0.15, 0.2) is 36.4 Å². The van der Waals surface area contributed by atoms with Crippen molar-refractivity contribution >= 4 is 11.6 Å². The van der Waals surface area contributed by atoms with Crippen LogP contribution in [0.1, 0.15) is 34.7 Å². The zero-order valence-electron chi connectivity index (χ0n) is 14.2. The van der Waals surface area contributed by atoms with Crippen molar-refractivity contribution in [3.63, 3.8) is 0 Å². The Kier molecular flexibility index (Phi) is 4.55. The molecule has 2 aromatic rings. The predicted molar refractivity (Wildman–Crippen MR) is 94.8 cm³/mol. The van der Waals surface area contributed by atoms with Crippen LogP contribution in [0.4, 0.5) is 5.69 Å². The maximum Gasteiger partial charge on any atom is 0.242 e. The zero-order valence-corrected chi connectivity index (χ0v) is 14.2. The first-order chi connectivity index (χ1) is 11.4. The van der Waals surface area contributed by atoms with Gasteiger partial charge in [0.2, 0.25) is 5.91 Å². The summed E-state index contributed by atoms with van der Waals surface area (Å²) in [7, 11) is 0. The second kappa shape index (κ2) is 6.63. The van der Waals surface area contributed by atoms with Crippen molar-refractivity contribution in [1.29, 1.82) is 0 Å². The van der Waals surface area contributed by atoms with Gasteiger partial charge in [-0.15, -0.1) is 0 Å². The number of rotatable bonds is 3. The van der Waals surface area contributed by atoms with E-state index in [1.807, 2.05) is 51.1 Å². The lowest BCUT2D eigenvalue weighted by Crippen LogP contribution is -2.39. The number of nitrogens with one attached hydrogen (secondary N) is 3. The van der Waals surface area contributed by atoms with Crippen LogP contribution >= 0.6 is 0 Å². The Morgan fingerprint density at radius 2 is 1.92 bits per heavy atom. The molecular formula is C19H23N3O2. The van der Waals surface area contributed by atoms with Crippen molar-refractivity contribution in [1.82, 2.24) is 10.9 Å². The lowest BCUT2D eigenvalue weighted by molar-refractivity contribution is -0.117. The van der Waals surface area contributed by atoms with Gasteiger partial charge in [0, 0.05) is 11.3 Å². The van der Waals surface area contributed by atoms with E-state index in [9.17, 15) is 9.90 Å². The summed E-state index contributed by atoms with van der Waals surface area (Å²) in [4.78, 5) is 12.5. The highest BCUT2D eigenvalue weighted by atomic mass is 16.3. The van der Waals surface area contributed by atoms with E-state index < -0.39 is 0 Å². The number of phenols is 1. The molecule has 2 atom stereocenters. The van der Waals surface area contributed by atoms with E-state index in [0.29, 0.717) is 6.42 Å². The number of anilines is 1. The van der Waals surface area contributed by atoms with Crippen molar-refractivity contribution in [3.8, 4) is 5.75 Å². The molecule has 126 valence electrons. The normalized spacial score (nSPS) is 20.1. The Bertz CT molecular complexity index is 750. The first-order valence-electron chi connectivity index (χ1n) is 8.12. The van der Waals surface area contributed by atoms with Gasteiger partial charge in [0.15, 0.2) is 0 Å². The van der Waals surface area contributed by atoms with E-state index in [1.165, 1.54) is 0 Å². The highest BCUT2D eigenvalue weighted by Gasteiger charge is 2.32. The summed E-state index contributed by atoms with van der Waals surface area (Å²) in [5.74, 6) is 0.186. The van der Waals surface area contributed by atoms with Crippen molar-refractivity contribution in [3.05, 3.63) is 58.7 Å². The van der Waals surface area contributed by atoms with E-state index in [2.05, 4.69) is 16.2 Å². The molecule has 2 unspecified atom stereocenters. The fraction of sp³-hybridized carbons (Fsp3) is 0.316. The number of benzene rings is 2. The van der Waals surface area contributed by atoms with Gasteiger partial charge >= 0.3 is 0 Å². The molecule has 1 aliphatic rings. The minimum atomic E-state index is -0.351. The first kappa shape index (κ1) is 16.5. The maximum absolute atomic E-state index is 12.5. The van der Waals surface area contributed by atoms with Crippen molar-refractivity contribution in [2.75, 3.05) is 5.32 Å². The van der Waals surface area contributed by atoms with E-state index in [1.54, 1.807) is 6.07 Å². The van der Waals surface area contributed by atoms with E-state index in [0.717, 1.165) is 27.9 Å². The number of aryl methyl sites for hydroxylation is 3. The molecule has 1 heterocycles. The number of carbonyl (C=O) groups excluding carboxylic acids is 1. The third-order valence-electron chi connectivity index (χ3n) is 4.36. The number of hydrazine groups is 1. The Morgan fingerprint density at radius 3 is 2.62 bits per heavy atom. The summed E-state index contributed by atoms with van der Waals surface area (Å²) in [5.41, 5.74) is 10.9. The molecule has 0 saturated carbocycles. The molecule has 3 rings (SSSR count). The van der Waals surface area contributed by atoms with Gasteiger partial charge in [0.25, 0.3) is 0 Å². The smallest absolute Gasteiger partial charge is 0.242 e. The Labute approximate surface area is 142 Å². The molecule has 1 fully saturated rings. The molecule has 5 heteroatoms. The van der Waals surface area contributed by atoms with Gasteiger partial charge in [0.1, 0.15) is 11.8 Å². The van der Waals surface area contributed by atoms with Gasteiger partial charge in [-0.25, -0.2) is 10.9 Å². The molecule has 4 N–H and O–H groups in total. The fourth-order valence-electron chi connectivity index (χ4n) is 3.28. The third kappa shape index (κ3) is 3.42. The highest BCUT2D eigenvalue weighted by Crippen LogP contribution is 2.33. The molecule has 2 aromatic carbocycles. The van der Waals surface area contributed by atoms with Crippen LogP contribution in [0.3, 0.4) is 0 Å². The SMILES string of the molecule is Cc1cccc(NC(=O)C2CC(c3c(C)cc(C)cc3O)NN2)c1. The average molecular weight is 325 g/mol. The van der Waals surface area contributed by atoms with E-state index >= 15 is 0 Å². The average Bonchev–Trinajstić information content (AvgIpc) is 2.95. The number of amides is 1. The molecule has 0 aliphatic carbocycles. The van der Waals surface area contributed by atoms with Crippen LogP contribution in [0.25, 0.3) is 0 Å². The van der Waals surface area contributed by atoms with Crippen LogP contribution in [-0.4, -0.2) is 17.1 Å². The summed E-state index contributed by atoms with van der Waals surface area (Å²) < 4.78 is 0. The van der Waals surface area contributed by atoms with Crippen molar-refractivity contribution < 1.29 is 9.90 Å². The summed E-state index contributed by atoms with van der Waals surface area (Å²) in [5, 5.41) is 13.2. The summed E-state index contributed by atoms with van der Waals surface area (Å²) in [6.45, 7) is 5.92. The zero-order chi connectivity index (χ0) is 17.3. The molecule has 1 amide bonds. The standard InChI is InChI=1S/C19H23N3O2/c1-11-5-4-6-14(8-11)20-19(24)16-10-15(21-22-16)18-13(3)7-12(2)9-17(18)23/h4-9,15-16,21-23H,10H2,1-3H3,(H,20,24). The Morgan fingerprint density at radius 1 is 1.12 bits per heavy atom. The minimum absolute atomic E-state index is 0.0835. The highest BCUT2D eigenvalue weighted by molar-refractivity contribution is 5.95. The maximum atomic E-state index is 12.5. The summed E-state index contributed by atoms with van der Waals surface area (Å²) in [6.07, 6.45) is 0.578. The van der Waals surface area contributed by atoms with Crippen molar-refractivity contribution in [2.45, 2.75) is 39.3 Å². The Balaban J connectivity index is 1.70. The topological polar surface area (TPSA) is 73.4 Å². The molecule has 0 spiro atoms. The third-order valence-corrected chi connectivity index (χ3v) is 4.36. The number of carbonyl (C=O) groups is 1. The fourth-order valence-corrected chi connectivity index (χ4v) is 3.28.